The largest absolute Gasteiger partial charge is 0.369 e. The van der Waals surface area contributed by atoms with Crippen molar-refractivity contribution in [3.05, 3.63) is 29.3 Å². The monoisotopic (exact) mass is 307 g/mol. The maximum absolute atomic E-state index is 11.9. The highest BCUT2D eigenvalue weighted by Gasteiger charge is 2.23. The van der Waals surface area contributed by atoms with Crippen LogP contribution in [0.1, 0.15) is 12.8 Å². The van der Waals surface area contributed by atoms with Gasteiger partial charge in [0.05, 0.1) is 6.54 Å². The second kappa shape index (κ2) is 6.67. The van der Waals surface area contributed by atoms with Gasteiger partial charge in [-0.25, -0.2) is 0 Å². The van der Waals surface area contributed by atoms with Crippen molar-refractivity contribution < 1.29 is 4.79 Å². The van der Waals surface area contributed by atoms with Crippen LogP contribution in [0.5, 0.6) is 0 Å². The Hall–Kier alpha value is -1.26. The number of carbonyl (C=O) groups is 1. The number of nitrogens with one attached hydrogen (secondary N) is 1. The minimum Gasteiger partial charge on any atom is -0.369 e. The highest BCUT2D eigenvalue weighted by atomic mass is 35.5. The molecule has 1 heterocycles. The zero-order chi connectivity index (χ0) is 14.7. The predicted octanol–water partition coefficient (Wildman–Crippen LogP) is 1.99. The van der Waals surface area contributed by atoms with Crippen molar-refractivity contribution in [3.63, 3.8) is 0 Å². The van der Waals surface area contributed by atoms with Crippen LogP contribution in [0.15, 0.2) is 24.3 Å². The first-order valence-electron chi connectivity index (χ1n) is 7.70. The molecule has 1 aromatic rings. The summed E-state index contributed by atoms with van der Waals surface area (Å²) < 4.78 is 0. The lowest BCUT2D eigenvalue weighted by Crippen LogP contribution is -2.49. The van der Waals surface area contributed by atoms with E-state index in [9.17, 15) is 4.79 Å². The Morgan fingerprint density at radius 1 is 1.24 bits per heavy atom. The predicted molar refractivity (Wildman–Crippen MR) is 85.8 cm³/mol. The van der Waals surface area contributed by atoms with Crippen molar-refractivity contribution in [2.75, 3.05) is 44.2 Å². The van der Waals surface area contributed by atoms with Gasteiger partial charge in [-0.2, -0.15) is 0 Å². The highest BCUT2D eigenvalue weighted by molar-refractivity contribution is 6.30. The van der Waals surface area contributed by atoms with E-state index >= 15 is 0 Å². The Balaban J connectivity index is 1.43. The number of amides is 1. The number of rotatable bonds is 5. The van der Waals surface area contributed by atoms with E-state index in [2.05, 4.69) is 21.2 Å². The Morgan fingerprint density at radius 3 is 2.67 bits per heavy atom. The first-order valence-corrected chi connectivity index (χ1v) is 8.08. The minimum atomic E-state index is 0.165. The first kappa shape index (κ1) is 14.7. The summed E-state index contributed by atoms with van der Waals surface area (Å²) in [6.07, 6.45) is 2.55. The summed E-state index contributed by atoms with van der Waals surface area (Å²) in [5, 5.41) is 3.80. The topological polar surface area (TPSA) is 35.6 Å². The van der Waals surface area contributed by atoms with Crippen LogP contribution < -0.4 is 10.2 Å². The lowest BCUT2D eigenvalue weighted by molar-refractivity contribution is -0.122. The van der Waals surface area contributed by atoms with Gasteiger partial charge in [0.15, 0.2) is 0 Å². The van der Waals surface area contributed by atoms with Gasteiger partial charge in [-0.1, -0.05) is 17.7 Å². The van der Waals surface area contributed by atoms with E-state index in [1.54, 1.807) is 0 Å². The van der Waals surface area contributed by atoms with Crippen LogP contribution in [-0.4, -0.2) is 50.1 Å². The molecule has 1 saturated heterocycles. The highest BCUT2D eigenvalue weighted by Crippen LogP contribution is 2.27. The van der Waals surface area contributed by atoms with E-state index in [4.69, 9.17) is 11.6 Å². The third kappa shape index (κ3) is 4.35. The zero-order valence-electron chi connectivity index (χ0n) is 12.2. The van der Waals surface area contributed by atoms with Crippen molar-refractivity contribution >= 4 is 23.2 Å². The molecule has 0 bridgehead atoms. The summed E-state index contributed by atoms with van der Waals surface area (Å²) in [6.45, 7) is 5.11. The fraction of sp³-hybridized carbons (Fsp3) is 0.562. The number of piperazine rings is 1. The third-order valence-electron chi connectivity index (χ3n) is 4.20. The molecule has 114 valence electrons. The average Bonchev–Trinajstić information content (AvgIpc) is 3.30. The van der Waals surface area contributed by atoms with Crippen LogP contribution in [0, 0.1) is 5.92 Å². The van der Waals surface area contributed by atoms with Gasteiger partial charge in [-0.15, -0.1) is 0 Å². The fourth-order valence-electron chi connectivity index (χ4n) is 2.68. The summed E-state index contributed by atoms with van der Waals surface area (Å²) in [4.78, 5) is 16.4. The van der Waals surface area contributed by atoms with Gasteiger partial charge in [0.25, 0.3) is 0 Å². The van der Waals surface area contributed by atoms with E-state index in [0.29, 0.717) is 6.54 Å². The molecule has 2 fully saturated rings. The third-order valence-corrected chi connectivity index (χ3v) is 4.43. The van der Waals surface area contributed by atoms with E-state index < -0.39 is 0 Å². The van der Waals surface area contributed by atoms with Crippen LogP contribution in [0.2, 0.25) is 5.02 Å². The Bertz CT molecular complexity index is 496. The summed E-state index contributed by atoms with van der Waals surface area (Å²) in [6, 6.07) is 7.96. The quantitative estimate of drug-likeness (QED) is 0.903. The molecule has 1 saturated carbocycles. The lowest BCUT2D eigenvalue weighted by Gasteiger charge is -2.35. The van der Waals surface area contributed by atoms with Gasteiger partial charge < -0.3 is 10.2 Å². The van der Waals surface area contributed by atoms with Crippen molar-refractivity contribution in [2.24, 2.45) is 5.92 Å². The number of carbonyl (C=O) groups excluding carboxylic acids is 1. The molecule has 1 N–H and O–H groups in total. The molecule has 3 rings (SSSR count). The molecule has 0 unspecified atom stereocenters. The molecular weight excluding hydrogens is 286 g/mol. The van der Waals surface area contributed by atoms with E-state index in [-0.39, 0.29) is 5.91 Å². The number of benzene rings is 1. The number of nitrogens with zero attached hydrogens (tertiary/aromatic N) is 2. The molecule has 21 heavy (non-hydrogen) atoms. The summed E-state index contributed by atoms with van der Waals surface area (Å²) >= 11 is 6.04. The maximum atomic E-state index is 11.9. The van der Waals surface area contributed by atoms with Gasteiger partial charge in [-0.3, -0.25) is 9.69 Å². The molecular formula is C16H22ClN3O. The zero-order valence-corrected chi connectivity index (χ0v) is 13.0. The molecule has 0 atom stereocenters. The molecule has 1 amide bonds. The van der Waals surface area contributed by atoms with Crippen LogP contribution in [0.3, 0.4) is 0 Å². The summed E-state index contributed by atoms with van der Waals surface area (Å²) in [5.74, 6) is 0.909. The van der Waals surface area contributed by atoms with Crippen LogP contribution in [0.25, 0.3) is 0 Å². The number of halogens is 1. The van der Waals surface area contributed by atoms with Crippen LogP contribution in [0.4, 0.5) is 5.69 Å². The first-order chi connectivity index (χ1) is 10.2. The molecule has 5 heteroatoms. The molecule has 1 aliphatic carbocycles. The minimum absolute atomic E-state index is 0.165. The molecule has 0 radical (unpaired) electrons. The Kier molecular flexibility index (Phi) is 4.66. The number of hydrogen-bond acceptors (Lipinski definition) is 3. The smallest absolute Gasteiger partial charge is 0.234 e. The summed E-state index contributed by atoms with van der Waals surface area (Å²) in [7, 11) is 0. The van der Waals surface area contributed by atoms with Crippen LogP contribution in [-0.2, 0) is 4.79 Å². The van der Waals surface area contributed by atoms with Crippen molar-refractivity contribution in [1.29, 1.82) is 0 Å². The lowest BCUT2D eigenvalue weighted by atomic mass is 10.2. The molecule has 4 nitrogen and oxygen atoms in total. The second-order valence-electron chi connectivity index (χ2n) is 5.99. The molecule has 1 aromatic carbocycles. The van der Waals surface area contributed by atoms with Gasteiger partial charge in [-0.05, 0) is 37.0 Å². The standard InChI is InChI=1S/C16H22ClN3O/c17-14-2-1-3-15(10-14)20-8-6-19(7-9-20)12-16(21)18-11-13-4-5-13/h1-3,10,13H,4-9,11-12H2,(H,18,21). The van der Waals surface area contributed by atoms with Crippen molar-refractivity contribution in [1.82, 2.24) is 10.2 Å². The van der Waals surface area contributed by atoms with Gasteiger partial charge >= 0.3 is 0 Å². The van der Waals surface area contributed by atoms with E-state index in [0.717, 1.165) is 43.7 Å². The SMILES string of the molecule is O=C(CN1CCN(c2cccc(Cl)c2)CC1)NCC1CC1. The maximum Gasteiger partial charge on any atom is 0.234 e. The molecule has 2 aliphatic rings. The number of hydrogen-bond donors (Lipinski definition) is 1. The second-order valence-corrected chi connectivity index (χ2v) is 6.43. The molecule has 1 aliphatic heterocycles. The molecule has 0 spiro atoms. The molecule has 0 aromatic heterocycles. The van der Waals surface area contributed by atoms with Gasteiger partial charge in [0, 0.05) is 43.4 Å². The van der Waals surface area contributed by atoms with Crippen molar-refractivity contribution in [3.8, 4) is 0 Å². The summed E-state index contributed by atoms with van der Waals surface area (Å²) in [5.41, 5.74) is 1.17. The van der Waals surface area contributed by atoms with Crippen LogP contribution >= 0.6 is 11.6 Å². The normalized spacial score (nSPS) is 19.6. The Labute approximate surface area is 131 Å². The van der Waals surface area contributed by atoms with Gasteiger partial charge in [0.2, 0.25) is 5.91 Å². The number of anilines is 1. The van der Waals surface area contributed by atoms with E-state index in [1.165, 1.54) is 18.5 Å². The van der Waals surface area contributed by atoms with E-state index in [1.807, 2.05) is 18.2 Å². The Morgan fingerprint density at radius 2 is 2.00 bits per heavy atom. The average molecular weight is 308 g/mol. The van der Waals surface area contributed by atoms with Crippen molar-refractivity contribution in [2.45, 2.75) is 12.8 Å². The fourth-order valence-corrected chi connectivity index (χ4v) is 2.86. The van der Waals surface area contributed by atoms with Gasteiger partial charge in [0.1, 0.15) is 0 Å².